The fourth-order valence-electron chi connectivity index (χ4n) is 0.800. The second-order valence-corrected chi connectivity index (χ2v) is 2.13. The Bertz CT molecular complexity index is 134. The molecule has 0 bridgehead atoms. The van der Waals surface area contributed by atoms with E-state index in [1.54, 1.807) is 0 Å². The van der Waals surface area contributed by atoms with Crippen LogP contribution in [0.1, 0.15) is 13.3 Å². The minimum atomic E-state index is -0.948. The molecule has 1 saturated heterocycles. The highest BCUT2D eigenvalue weighted by atomic mass is 16.7. The minimum Gasteiger partial charge on any atom is -0.479 e. The highest BCUT2D eigenvalue weighted by Crippen LogP contribution is 2.13. The lowest BCUT2D eigenvalue weighted by Crippen LogP contribution is -2.22. The Morgan fingerprint density at radius 3 is 2.80 bits per heavy atom. The summed E-state index contributed by atoms with van der Waals surface area (Å²) in [6.07, 6.45) is -0.380. The van der Waals surface area contributed by atoms with Crippen molar-refractivity contribution >= 4 is 5.97 Å². The van der Waals surface area contributed by atoms with E-state index in [1.807, 2.05) is 6.92 Å². The molecule has 0 unspecified atom stereocenters. The van der Waals surface area contributed by atoms with Crippen molar-refractivity contribution in [1.82, 2.24) is 0 Å². The fraction of sp³-hybridized carbons (Fsp3) is 0.833. The molecule has 1 fully saturated rings. The lowest BCUT2D eigenvalue weighted by atomic mass is 10.4. The van der Waals surface area contributed by atoms with Crippen LogP contribution in [0.4, 0.5) is 0 Å². The van der Waals surface area contributed by atoms with Crippen molar-refractivity contribution in [3.05, 3.63) is 0 Å². The van der Waals surface area contributed by atoms with Crippen LogP contribution < -0.4 is 0 Å². The molecule has 0 aliphatic carbocycles. The maximum atomic E-state index is 10.3. The molecule has 1 N–H and O–H groups in total. The number of rotatable bonds is 2. The second-order valence-electron chi connectivity index (χ2n) is 2.13. The van der Waals surface area contributed by atoms with Gasteiger partial charge in [0.2, 0.25) is 0 Å². The maximum Gasteiger partial charge on any atom is 0.335 e. The summed E-state index contributed by atoms with van der Waals surface area (Å²) in [6, 6.07) is 0. The van der Waals surface area contributed by atoms with Gasteiger partial charge in [-0.2, -0.15) is 0 Å². The number of carboxylic acid groups (broad SMARTS) is 1. The third kappa shape index (κ3) is 1.46. The van der Waals surface area contributed by atoms with Crippen LogP contribution in [0.5, 0.6) is 0 Å². The molecular formula is C6H10O4. The Labute approximate surface area is 58.7 Å². The molecule has 1 aliphatic rings. The monoisotopic (exact) mass is 146 g/mol. The van der Waals surface area contributed by atoms with Crippen molar-refractivity contribution in [3.63, 3.8) is 0 Å². The fourth-order valence-corrected chi connectivity index (χ4v) is 0.800. The molecule has 1 heterocycles. The van der Waals surface area contributed by atoms with Crippen molar-refractivity contribution in [3.8, 4) is 0 Å². The summed E-state index contributed by atoms with van der Waals surface area (Å²) in [4.78, 5) is 10.3. The molecule has 0 amide bonds. The molecule has 0 spiro atoms. The van der Waals surface area contributed by atoms with Gasteiger partial charge < -0.3 is 14.6 Å². The van der Waals surface area contributed by atoms with E-state index >= 15 is 0 Å². The molecule has 1 aliphatic heterocycles. The summed E-state index contributed by atoms with van der Waals surface area (Å²) in [5.41, 5.74) is 0. The molecule has 0 saturated carbocycles. The van der Waals surface area contributed by atoms with Crippen molar-refractivity contribution in [2.75, 3.05) is 6.61 Å². The predicted molar refractivity (Wildman–Crippen MR) is 32.5 cm³/mol. The first kappa shape index (κ1) is 7.50. The van der Waals surface area contributed by atoms with E-state index < -0.39 is 12.1 Å². The van der Waals surface area contributed by atoms with Crippen LogP contribution in [0.15, 0.2) is 0 Å². The van der Waals surface area contributed by atoms with E-state index in [4.69, 9.17) is 14.6 Å². The zero-order chi connectivity index (χ0) is 7.56. The van der Waals surface area contributed by atoms with Gasteiger partial charge in [-0.3, -0.25) is 0 Å². The Morgan fingerprint density at radius 2 is 2.50 bits per heavy atom. The average Bonchev–Trinajstić information content (AvgIpc) is 2.34. The topological polar surface area (TPSA) is 55.8 Å². The summed E-state index contributed by atoms with van der Waals surface area (Å²) in [5, 5.41) is 8.42. The lowest BCUT2D eigenvalue weighted by Gasteiger charge is -2.04. The van der Waals surface area contributed by atoms with Crippen LogP contribution in [0.2, 0.25) is 0 Å². The number of carboxylic acids is 1. The van der Waals surface area contributed by atoms with Crippen molar-refractivity contribution in [2.45, 2.75) is 25.7 Å². The molecule has 1 rings (SSSR count). The van der Waals surface area contributed by atoms with Gasteiger partial charge in [-0.25, -0.2) is 4.79 Å². The first-order chi connectivity index (χ1) is 4.74. The van der Waals surface area contributed by atoms with E-state index in [1.165, 1.54) is 0 Å². The first-order valence-electron chi connectivity index (χ1n) is 3.24. The Morgan fingerprint density at radius 1 is 1.80 bits per heavy atom. The number of ether oxygens (including phenoxy) is 2. The minimum absolute atomic E-state index is 0.174. The number of carbonyl (C=O) groups is 1. The van der Waals surface area contributed by atoms with Crippen LogP contribution in [0, 0.1) is 0 Å². The van der Waals surface area contributed by atoms with Crippen LogP contribution in [-0.2, 0) is 14.3 Å². The quantitative estimate of drug-likeness (QED) is 0.605. The smallest absolute Gasteiger partial charge is 0.335 e. The van der Waals surface area contributed by atoms with Gasteiger partial charge in [0.1, 0.15) is 0 Å². The van der Waals surface area contributed by atoms with Crippen LogP contribution in [0.25, 0.3) is 0 Å². The molecule has 2 atom stereocenters. The van der Waals surface area contributed by atoms with Gasteiger partial charge in [0.25, 0.3) is 0 Å². The van der Waals surface area contributed by atoms with Crippen LogP contribution in [0.3, 0.4) is 0 Å². The molecular weight excluding hydrogens is 136 g/mol. The summed E-state index contributed by atoms with van der Waals surface area (Å²) in [5.74, 6) is -0.948. The Balaban J connectivity index is 2.35. The maximum absolute atomic E-state index is 10.3. The van der Waals surface area contributed by atoms with Crippen LogP contribution in [-0.4, -0.2) is 30.1 Å². The summed E-state index contributed by atoms with van der Waals surface area (Å²) >= 11 is 0. The third-order valence-corrected chi connectivity index (χ3v) is 1.36. The summed E-state index contributed by atoms with van der Waals surface area (Å²) < 4.78 is 9.92. The van der Waals surface area contributed by atoms with Crippen LogP contribution >= 0.6 is 0 Å². The normalized spacial score (nSPS) is 32.5. The zero-order valence-electron chi connectivity index (χ0n) is 5.74. The van der Waals surface area contributed by atoms with E-state index in [2.05, 4.69) is 0 Å². The largest absolute Gasteiger partial charge is 0.479 e. The SMILES string of the molecule is CC[C@H]1OC[C@@H](C(=O)O)O1. The van der Waals surface area contributed by atoms with Gasteiger partial charge in [-0.05, 0) is 6.42 Å². The Hall–Kier alpha value is -0.610. The third-order valence-electron chi connectivity index (χ3n) is 1.36. The van der Waals surface area contributed by atoms with Gasteiger partial charge in [0, 0.05) is 0 Å². The zero-order valence-corrected chi connectivity index (χ0v) is 5.74. The van der Waals surface area contributed by atoms with Crippen molar-refractivity contribution < 1.29 is 19.4 Å². The van der Waals surface area contributed by atoms with Gasteiger partial charge in [-0.15, -0.1) is 0 Å². The molecule has 0 aromatic heterocycles. The molecule has 58 valence electrons. The highest BCUT2D eigenvalue weighted by molar-refractivity contribution is 5.72. The number of hydrogen-bond acceptors (Lipinski definition) is 3. The van der Waals surface area contributed by atoms with Crippen molar-refractivity contribution in [2.24, 2.45) is 0 Å². The molecule has 4 heteroatoms. The first-order valence-corrected chi connectivity index (χ1v) is 3.24. The van der Waals surface area contributed by atoms with E-state index in [-0.39, 0.29) is 12.9 Å². The standard InChI is InChI=1S/C6H10O4/c1-2-5-9-3-4(10-5)6(7)8/h4-5H,2-3H2,1H3,(H,7,8)/t4-,5-/m0/s1. The van der Waals surface area contributed by atoms with Gasteiger partial charge in [-0.1, -0.05) is 6.92 Å². The molecule has 10 heavy (non-hydrogen) atoms. The van der Waals surface area contributed by atoms with E-state index in [0.29, 0.717) is 6.42 Å². The second kappa shape index (κ2) is 2.98. The molecule has 0 aromatic rings. The number of aliphatic carboxylic acids is 1. The average molecular weight is 146 g/mol. The highest BCUT2D eigenvalue weighted by Gasteiger charge is 2.29. The van der Waals surface area contributed by atoms with Gasteiger partial charge in [0.15, 0.2) is 12.4 Å². The number of hydrogen-bond donors (Lipinski definition) is 1. The summed E-state index contributed by atoms with van der Waals surface area (Å²) in [6.45, 7) is 2.06. The van der Waals surface area contributed by atoms with Gasteiger partial charge >= 0.3 is 5.97 Å². The molecule has 0 radical (unpaired) electrons. The lowest BCUT2D eigenvalue weighted by molar-refractivity contribution is -0.150. The van der Waals surface area contributed by atoms with E-state index in [9.17, 15) is 4.79 Å². The summed E-state index contributed by atoms with van der Waals surface area (Å²) in [7, 11) is 0. The molecule has 4 nitrogen and oxygen atoms in total. The predicted octanol–water partition coefficient (Wildman–Crippen LogP) is 0.222. The Kier molecular flexibility index (Phi) is 2.24. The van der Waals surface area contributed by atoms with Gasteiger partial charge in [0.05, 0.1) is 6.61 Å². The van der Waals surface area contributed by atoms with E-state index in [0.717, 1.165) is 0 Å². The molecule has 0 aromatic carbocycles. The van der Waals surface area contributed by atoms with Crippen molar-refractivity contribution in [1.29, 1.82) is 0 Å².